The molecule has 2 heterocycles. The van der Waals surface area contributed by atoms with Crippen LogP contribution in [-0.4, -0.2) is 41.1 Å². The molecule has 1 aliphatic rings. The highest BCUT2D eigenvalue weighted by Crippen LogP contribution is 2.38. The number of hydrogen-bond donors (Lipinski definition) is 0. The van der Waals surface area contributed by atoms with Crippen molar-refractivity contribution >= 4 is 16.8 Å². The molecule has 7 nitrogen and oxygen atoms in total. The molecule has 1 unspecified atom stereocenters. The van der Waals surface area contributed by atoms with Crippen LogP contribution in [0.5, 0.6) is 11.5 Å². The summed E-state index contributed by atoms with van der Waals surface area (Å²) >= 11 is 0. The van der Waals surface area contributed by atoms with Crippen LogP contribution in [0.1, 0.15) is 36.4 Å². The monoisotopic (exact) mass is 421 g/mol. The number of likely N-dealkylation sites (tertiary alicyclic amines) is 1. The Hall–Kier alpha value is -3.35. The third-order valence-corrected chi connectivity index (χ3v) is 5.99. The predicted molar refractivity (Wildman–Crippen MR) is 119 cm³/mol. The van der Waals surface area contributed by atoms with Gasteiger partial charge < -0.3 is 14.4 Å². The van der Waals surface area contributed by atoms with E-state index in [-0.39, 0.29) is 23.9 Å². The predicted octanol–water partition coefficient (Wildman–Crippen LogP) is 3.48. The molecule has 2 aromatic carbocycles. The normalized spacial score (nSPS) is 16.0. The molecule has 0 radical (unpaired) electrons. The van der Waals surface area contributed by atoms with Crippen LogP contribution in [-0.2, 0) is 11.3 Å². The first-order valence-electron chi connectivity index (χ1n) is 10.5. The first-order chi connectivity index (χ1) is 15.0. The van der Waals surface area contributed by atoms with Crippen molar-refractivity contribution < 1.29 is 14.3 Å². The minimum absolute atomic E-state index is 0.0246. The maximum Gasteiger partial charge on any atom is 0.261 e. The Morgan fingerprint density at radius 1 is 1.19 bits per heavy atom. The molecule has 1 amide bonds. The number of methoxy groups -OCH3 is 2. The number of rotatable bonds is 6. The molecule has 1 aliphatic heterocycles. The van der Waals surface area contributed by atoms with Gasteiger partial charge in [-0.2, -0.15) is 0 Å². The van der Waals surface area contributed by atoms with Crippen molar-refractivity contribution in [3.8, 4) is 11.5 Å². The lowest BCUT2D eigenvalue weighted by molar-refractivity contribution is -0.132. The average Bonchev–Trinajstić information content (AvgIpc) is 3.28. The molecule has 3 aromatic rings. The van der Waals surface area contributed by atoms with Gasteiger partial charge in [0.25, 0.3) is 5.56 Å². The fourth-order valence-electron chi connectivity index (χ4n) is 4.34. The molecule has 1 saturated heterocycles. The molecule has 0 bridgehead atoms. The van der Waals surface area contributed by atoms with Crippen LogP contribution >= 0.6 is 0 Å². The fourth-order valence-corrected chi connectivity index (χ4v) is 4.34. The van der Waals surface area contributed by atoms with Crippen molar-refractivity contribution in [1.82, 2.24) is 14.5 Å². The Labute approximate surface area is 181 Å². The molecule has 0 N–H and O–H groups in total. The van der Waals surface area contributed by atoms with Gasteiger partial charge in [0, 0.05) is 31.1 Å². The van der Waals surface area contributed by atoms with E-state index in [4.69, 9.17) is 9.47 Å². The summed E-state index contributed by atoms with van der Waals surface area (Å²) in [6.45, 7) is 2.93. The Morgan fingerprint density at radius 3 is 2.81 bits per heavy atom. The van der Waals surface area contributed by atoms with Gasteiger partial charge in [-0.25, -0.2) is 4.98 Å². The molecule has 162 valence electrons. The van der Waals surface area contributed by atoms with Crippen LogP contribution in [0.4, 0.5) is 0 Å². The van der Waals surface area contributed by atoms with Crippen LogP contribution < -0.4 is 15.0 Å². The summed E-state index contributed by atoms with van der Waals surface area (Å²) in [7, 11) is 3.24. The van der Waals surface area contributed by atoms with Gasteiger partial charge in [0.2, 0.25) is 5.91 Å². The van der Waals surface area contributed by atoms with E-state index in [1.165, 1.54) is 4.57 Å². The SMILES string of the molecule is COc1ccc(C2CCCN2C(=O)CCn2cnc3c(C)cccc3c2=O)c(OC)c1. The second kappa shape index (κ2) is 8.79. The second-order valence-electron chi connectivity index (χ2n) is 7.82. The Kier molecular flexibility index (Phi) is 5.93. The van der Waals surface area contributed by atoms with Crippen LogP contribution in [0.3, 0.4) is 0 Å². The number of carbonyl (C=O) groups is 1. The summed E-state index contributed by atoms with van der Waals surface area (Å²) < 4.78 is 12.4. The zero-order valence-corrected chi connectivity index (χ0v) is 18.1. The fraction of sp³-hybridized carbons (Fsp3) is 0.375. The van der Waals surface area contributed by atoms with E-state index in [0.29, 0.717) is 24.0 Å². The van der Waals surface area contributed by atoms with Crippen LogP contribution in [0.2, 0.25) is 0 Å². The van der Waals surface area contributed by atoms with Gasteiger partial charge in [0.05, 0.1) is 37.5 Å². The molecule has 31 heavy (non-hydrogen) atoms. The van der Waals surface area contributed by atoms with Crippen LogP contribution in [0.15, 0.2) is 47.5 Å². The lowest BCUT2D eigenvalue weighted by Gasteiger charge is -2.26. The third kappa shape index (κ3) is 4.00. The lowest BCUT2D eigenvalue weighted by Crippen LogP contribution is -2.32. The second-order valence-corrected chi connectivity index (χ2v) is 7.82. The maximum absolute atomic E-state index is 13.1. The van der Waals surface area contributed by atoms with E-state index in [1.807, 2.05) is 42.2 Å². The minimum atomic E-state index is -0.115. The van der Waals surface area contributed by atoms with E-state index in [2.05, 4.69) is 4.98 Å². The van der Waals surface area contributed by atoms with Crippen molar-refractivity contribution in [3.63, 3.8) is 0 Å². The summed E-state index contributed by atoms with van der Waals surface area (Å²) in [5.41, 5.74) is 2.54. The molecule has 0 aliphatic carbocycles. The van der Waals surface area contributed by atoms with E-state index in [1.54, 1.807) is 26.6 Å². The Balaban J connectivity index is 1.52. The number of benzene rings is 2. The smallest absolute Gasteiger partial charge is 0.261 e. The summed E-state index contributed by atoms with van der Waals surface area (Å²) in [4.78, 5) is 32.2. The molecule has 0 spiro atoms. The number of carbonyl (C=O) groups excluding carboxylic acids is 1. The van der Waals surface area contributed by atoms with Gasteiger partial charge in [0.1, 0.15) is 11.5 Å². The summed E-state index contributed by atoms with van der Waals surface area (Å²) in [5, 5.41) is 0.581. The largest absolute Gasteiger partial charge is 0.497 e. The number of ether oxygens (including phenoxy) is 2. The number of nitrogens with zero attached hydrogens (tertiary/aromatic N) is 3. The molecule has 0 saturated carbocycles. The zero-order chi connectivity index (χ0) is 22.0. The number of amides is 1. The molecule has 1 fully saturated rings. The Bertz CT molecular complexity index is 1170. The first kappa shape index (κ1) is 20.9. The maximum atomic E-state index is 13.1. The highest BCUT2D eigenvalue weighted by atomic mass is 16.5. The van der Waals surface area contributed by atoms with Gasteiger partial charge in [-0.1, -0.05) is 12.1 Å². The van der Waals surface area contributed by atoms with Gasteiger partial charge in [0.15, 0.2) is 0 Å². The van der Waals surface area contributed by atoms with Crippen molar-refractivity contribution in [2.24, 2.45) is 0 Å². The van der Waals surface area contributed by atoms with Crippen molar-refractivity contribution in [1.29, 1.82) is 0 Å². The minimum Gasteiger partial charge on any atom is -0.497 e. The van der Waals surface area contributed by atoms with E-state index < -0.39 is 0 Å². The average molecular weight is 421 g/mol. The molecule has 7 heteroatoms. The summed E-state index contributed by atoms with van der Waals surface area (Å²) in [6.07, 6.45) is 3.60. The highest BCUT2D eigenvalue weighted by molar-refractivity contribution is 5.80. The van der Waals surface area contributed by atoms with Gasteiger partial charge in [-0.05, 0) is 43.5 Å². The zero-order valence-electron chi connectivity index (χ0n) is 18.1. The molecule has 4 rings (SSSR count). The number of aryl methyl sites for hydroxylation is 2. The van der Waals surface area contributed by atoms with Crippen molar-refractivity contribution in [3.05, 3.63) is 64.2 Å². The van der Waals surface area contributed by atoms with E-state index in [0.717, 1.165) is 35.5 Å². The highest BCUT2D eigenvalue weighted by Gasteiger charge is 2.31. The van der Waals surface area contributed by atoms with Gasteiger partial charge >= 0.3 is 0 Å². The lowest BCUT2D eigenvalue weighted by atomic mass is 10.0. The summed E-state index contributed by atoms with van der Waals surface area (Å²) in [5.74, 6) is 1.46. The van der Waals surface area contributed by atoms with Gasteiger partial charge in [-0.15, -0.1) is 0 Å². The quantitative estimate of drug-likeness (QED) is 0.609. The molecular formula is C24H27N3O4. The molecule has 1 atom stereocenters. The van der Waals surface area contributed by atoms with Crippen molar-refractivity contribution in [2.45, 2.75) is 38.8 Å². The van der Waals surface area contributed by atoms with E-state index in [9.17, 15) is 9.59 Å². The molecular weight excluding hydrogens is 394 g/mol. The number of fused-ring (bicyclic) bond motifs is 1. The van der Waals surface area contributed by atoms with Crippen LogP contribution in [0, 0.1) is 6.92 Å². The summed E-state index contributed by atoms with van der Waals surface area (Å²) in [6, 6.07) is 11.2. The third-order valence-electron chi connectivity index (χ3n) is 5.99. The standard InChI is InChI=1S/C24H27N3O4/c1-16-6-4-7-19-23(16)25-15-26(24(19)29)13-11-22(28)27-12-5-8-20(27)18-10-9-17(30-2)14-21(18)31-3/h4,6-7,9-10,14-15,20H,5,8,11-13H2,1-3H3. The number of aromatic nitrogens is 2. The first-order valence-corrected chi connectivity index (χ1v) is 10.5. The van der Waals surface area contributed by atoms with E-state index >= 15 is 0 Å². The number of para-hydroxylation sites is 1. The van der Waals surface area contributed by atoms with Crippen molar-refractivity contribution in [2.75, 3.05) is 20.8 Å². The number of hydrogen-bond acceptors (Lipinski definition) is 5. The van der Waals surface area contributed by atoms with Crippen LogP contribution in [0.25, 0.3) is 10.9 Å². The topological polar surface area (TPSA) is 73.7 Å². The Morgan fingerprint density at radius 2 is 2.03 bits per heavy atom. The molecule has 1 aromatic heterocycles. The van der Waals surface area contributed by atoms with Gasteiger partial charge in [-0.3, -0.25) is 14.2 Å².